The number of rotatable bonds is 4. The first-order valence-corrected chi connectivity index (χ1v) is 16.6. The van der Waals surface area contributed by atoms with Crippen molar-refractivity contribution in [2.45, 2.75) is 112 Å². The number of carbonyl (C=O) groups is 2. The van der Waals surface area contributed by atoms with Gasteiger partial charge in [0.1, 0.15) is 11.9 Å². The van der Waals surface area contributed by atoms with Crippen LogP contribution in [-0.4, -0.2) is 39.5 Å². The second kappa shape index (κ2) is 9.83. The standard InChI is InChI=1S/C37H52O6/c1-21(2)24-14-17-37(32(41)42)19-18-35(6)25(29(24)37)12-13-28-34(5)20-26(43-31(40)22-8-10-23(38)11-9-22)30(39)33(3,4)27(34)15-16-36(28,35)7/h8-11,24-30,38-39H,1,12-20H2,2-7H3,(H,41,42)/t24-,25+,26+,27-,28+,29+,30-,34-,35+,36+,37-/m0/s1. The number of hydrogen-bond acceptors (Lipinski definition) is 5. The second-order valence-electron chi connectivity index (χ2n) is 16.6. The molecule has 5 saturated carbocycles. The van der Waals surface area contributed by atoms with Gasteiger partial charge in [0, 0.05) is 0 Å². The number of aliphatic hydroxyl groups is 1. The number of phenolic OH excluding ortho intramolecular Hbond substituents is 1. The molecule has 1 aromatic rings. The highest BCUT2D eigenvalue weighted by atomic mass is 16.6. The zero-order valence-corrected chi connectivity index (χ0v) is 27.0. The van der Waals surface area contributed by atoms with Crippen LogP contribution in [0.5, 0.6) is 5.75 Å². The van der Waals surface area contributed by atoms with Crippen LogP contribution in [-0.2, 0) is 9.53 Å². The molecule has 236 valence electrons. The molecular weight excluding hydrogens is 540 g/mol. The minimum Gasteiger partial charge on any atom is -0.508 e. The van der Waals surface area contributed by atoms with E-state index in [1.807, 2.05) is 0 Å². The lowest BCUT2D eigenvalue weighted by Crippen LogP contribution is -2.69. The average Bonchev–Trinajstić information content (AvgIpc) is 3.34. The van der Waals surface area contributed by atoms with Gasteiger partial charge in [-0.3, -0.25) is 4.79 Å². The fraction of sp³-hybridized carbons (Fsp3) is 0.730. The van der Waals surface area contributed by atoms with Crippen LogP contribution >= 0.6 is 0 Å². The van der Waals surface area contributed by atoms with Gasteiger partial charge >= 0.3 is 11.9 Å². The van der Waals surface area contributed by atoms with Gasteiger partial charge in [-0.1, -0.05) is 46.8 Å². The molecule has 6 heteroatoms. The molecule has 0 heterocycles. The van der Waals surface area contributed by atoms with Crippen LogP contribution < -0.4 is 0 Å². The van der Waals surface area contributed by atoms with Crippen LogP contribution in [0.3, 0.4) is 0 Å². The minimum absolute atomic E-state index is 0.00394. The van der Waals surface area contributed by atoms with Gasteiger partial charge in [0.05, 0.1) is 17.1 Å². The number of fused-ring (bicyclic) bond motifs is 7. The molecule has 6 nitrogen and oxygen atoms in total. The highest BCUT2D eigenvalue weighted by Gasteiger charge is 2.72. The molecule has 11 atom stereocenters. The summed E-state index contributed by atoms with van der Waals surface area (Å²) in [5.41, 5.74) is 0.303. The molecule has 0 aromatic heterocycles. The van der Waals surface area contributed by atoms with Crippen LogP contribution in [0.15, 0.2) is 36.4 Å². The summed E-state index contributed by atoms with van der Waals surface area (Å²) in [6.07, 6.45) is 6.71. The summed E-state index contributed by atoms with van der Waals surface area (Å²) in [5.74, 6) is 0.415. The molecule has 0 unspecified atom stereocenters. The maximum atomic E-state index is 13.2. The first-order chi connectivity index (χ1) is 20.0. The third kappa shape index (κ3) is 4.06. The van der Waals surface area contributed by atoms with Gasteiger partial charge < -0.3 is 20.1 Å². The van der Waals surface area contributed by atoms with E-state index >= 15 is 0 Å². The molecule has 0 spiro atoms. The van der Waals surface area contributed by atoms with Crippen molar-refractivity contribution in [2.75, 3.05) is 0 Å². The average molecular weight is 593 g/mol. The van der Waals surface area contributed by atoms with E-state index in [4.69, 9.17) is 4.74 Å². The molecule has 0 amide bonds. The van der Waals surface area contributed by atoms with E-state index in [1.165, 1.54) is 12.1 Å². The molecule has 5 fully saturated rings. The van der Waals surface area contributed by atoms with Crippen molar-refractivity contribution in [3.05, 3.63) is 42.0 Å². The smallest absolute Gasteiger partial charge is 0.338 e. The predicted molar refractivity (Wildman–Crippen MR) is 165 cm³/mol. The zero-order valence-electron chi connectivity index (χ0n) is 27.0. The SMILES string of the molecule is C=C(C)[C@@H]1CC[C@]2(C(=O)O)CC[C@]3(C)[C@H](CC[C@@H]4[C@@]5(C)C[C@@H](OC(=O)c6ccc(O)cc6)[C@H](O)C(C)(C)[C@@H]5CC[C@]43C)[C@@H]12. The Balaban J connectivity index is 1.35. The molecule has 6 rings (SSSR count). The third-order valence-corrected chi connectivity index (χ3v) is 14.8. The maximum absolute atomic E-state index is 13.2. The lowest BCUT2D eigenvalue weighted by Gasteiger charge is -2.73. The highest BCUT2D eigenvalue weighted by molar-refractivity contribution is 5.89. The molecule has 1 aromatic carbocycles. The van der Waals surface area contributed by atoms with E-state index < -0.39 is 35.0 Å². The molecular formula is C37H52O6. The van der Waals surface area contributed by atoms with Gasteiger partial charge in [0.25, 0.3) is 0 Å². The van der Waals surface area contributed by atoms with Crippen molar-refractivity contribution >= 4 is 11.9 Å². The molecule has 0 saturated heterocycles. The van der Waals surface area contributed by atoms with Gasteiger partial charge in [0.15, 0.2) is 0 Å². The summed E-state index contributed by atoms with van der Waals surface area (Å²) in [4.78, 5) is 26.2. The van der Waals surface area contributed by atoms with E-state index in [2.05, 4.69) is 48.1 Å². The van der Waals surface area contributed by atoms with Crippen molar-refractivity contribution < 1.29 is 29.6 Å². The van der Waals surface area contributed by atoms with Gasteiger partial charge in [0.2, 0.25) is 0 Å². The largest absolute Gasteiger partial charge is 0.508 e. The number of esters is 1. The van der Waals surface area contributed by atoms with Crippen LogP contribution in [0, 0.1) is 56.7 Å². The van der Waals surface area contributed by atoms with E-state index in [0.717, 1.165) is 56.9 Å². The van der Waals surface area contributed by atoms with Crippen LogP contribution in [0.25, 0.3) is 0 Å². The monoisotopic (exact) mass is 592 g/mol. The Morgan fingerprint density at radius 1 is 0.884 bits per heavy atom. The Hall–Kier alpha value is -2.34. The first-order valence-electron chi connectivity index (χ1n) is 16.6. The number of carboxylic acids is 1. The number of aliphatic hydroxyl groups excluding tert-OH is 1. The van der Waals surface area contributed by atoms with Crippen molar-refractivity contribution in [2.24, 2.45) is 56.7 Å². The minimum atomic E-state index is -0.774. The van der Waals surface area contributed by atoms with E-state index in [1.54, 1.807) is 12.1 Å². The fourth-order valence-electron chi connectivity index (χ4n) is 12.5. The number of aliphatic carboxylic acids is 1. The lowest BCUT2D eigenvalue weighted by atomic mass is 9.32. The number of benzene rings is 1. The predicted octanol–water partition coefficient (Wildman–Crippen LogP) is 7.63. The molecule has 5 aliphatic carbocycles. The van der Waals surface area contributed by atoms with Gasteiger partial charge in [-0.05, 0) is 140 Å². The Morgan fingerprint density at radius 3 is 2.19 bits per heavy atom. The number of aromatic hydroxyl groups is 1. The summed E-state index contributed by atoms with van der Waals surface area (Å²) in [6, 6.07) is 6.08. The molecule has 43 heavy (non-hydrogen) atoms. The van der Waals surface area contributed by atoms with Gasteiger partial charge in [-0.25, -0.2) is 4.79 Å². The number of phenols is 1. The van der Waals surface area contributed by atoms with E-state index in [-0.39, 0.29) is 39.7 Å². The zero-order chi connectivity index (χ0) is 31.3. The summed E-state index contributed by atoms with van der Waals surface area (Å²) < 4.78 is 6.12. The van der Waals surface area contributed by atoms with Crippen LogP contribution in [0.1, 0.15) is 110 Å². The van der Waals surface area contributed by atoms with Gasteiger partial charge in [-0.15, -0.1) is 0 Å². The van der Waals surface area contributed by atoms with Crippen molar-refractivity contribution in [1.29, 1.82) is 0 Å². The van der Waals surface area contributed by atoms with Gasteiger partial charge in [-0.2, -0.15) is 0 Å². The maximum Gasteiger partial charge on any atom is 0.338 e. The first kappa shape index (κ1) is 30.7. The Kier molecular flexibility index (Phi) is 7.01. The number of ether oxygens (including phenoxy) is 1. The topological polar surface area (TPSA) is 104 Å². The van der Waals surface area contributed by atoms with Crippen molar-refractivity contribution in [3.63, 3.8) is 0 Å². The molecule has 3 N–H and O–H groups in total. The summed E-state index contributed by atoms with van der Waals surface area (Å²) in [7, 11) is 0. The Morgan fingerprint density at radius 2 is 1.56 bits per heavy atom. The molecule has 0 aliphatic heterocycles. The lowest BCUT2D eigenvalue weighted by molar-refractivity contribution is -0.263. The van der Waals surface area contributed by atoms with E-state index in [0.29, 0.717) is 23.8 Å². The molecule has 0 radical (unpaired) electrons. The fourth-order valence-corrected chi connectivity index (χ4v) is 12.5. The number of hydrogen-bond donors (Lipinski definition) is 3. The summed E-state index contributed by atoms with van der Waals surface area (Å²) >= 11 is 0. The number of carbonyl (C=O) groups excluding carboxylic acids is 1. The normalized spacial score (nSPS) is 46.4. The quantitative estimate of drug-likeness (QED) is 0.245. The third-order valence-electron chi connectivity index (χ3n) is 14.8. The molecule has 5 aliphatic rings. The number of allylic oxidation sites excluding steroid dienone is 1. The van der Waals surface area contributed by atoms with E-state index in [9.17, 15) is 24.9 Å². The Bertz CT molecular complexity index is 1320. The van der Waals surface area contributed by atoms with Crippen LogP contribution in [0.4, 0.5) is 0 Å². The van der Waals surface area contributed by atoms with Crippen LogP contribution in [0.2, 0.25) is 0 Å². The Labute approximate surface area is 257 Å². The molecule has 0 bridgehead atoms. The number of carboxylic acid groups (broad SMARTS) is 1. The highest BCUT2D eigenvalue weighted by Crippen LogP contribution is 2.77. The second-order valence-corrected chi connectivity index (χ2v) is 16.6. The van der Waals surface area contributed by atoms with Crippen molar-refractivity contribution in [3.8, 4) is 5.75 Å². The summed E-state index contributed by atoms with van der Waals surface area (Å²) in [5, 5.41) is 32.0. The van der Waals surface area contributed by atoms with Crippen molar-refractivity contribution in [1.82, 2.24) is 0 Å². The summed E-state index contributed by atoms with van der Waals surface area (Å²) in [6.45, 7) is 18.1.